The third-order valence-electron chi connectivity index (χ3n) is 4.68. The number of ether oxygens (including phenoxy) is 1. The first-order chi connectivity index (χ1) is 13.7. The standard InChI is InChI=1S/C20H22ClN5O3/c1-11-16(21)13(3)26(24-11)10-14-6-8-15(9-7-14)19(27)22-17-12(2)23-25(4)18(17)20(28)29-5/h6-9H,10H2,1-5H3,(H,22,27). The number of hydrogen-bond donors (Lipinski definition) is 1. The third-order valence-corrected chi connectivity index (χ3v) is 5.23. The number of hydrogen-bond acceptors (Lipinski definition) is 5. The van der Waals surface area contributed by atoms with Crippen LogP contribution in [0.3, 0.4) is 0 Å². The quantitative estimate of drug-likeness (QED) is 0.645. The van der Waals surface area contributed by atoms with E-state index in [1.165, 1.54) is 11.8 Å². The first-order valence-corrected chi connectivity index (χ1v) is 9.32. The molecule has 0 unspecified atom stereocenters. The van der Waals surface area contributed by atoms with Crippen molar-refractivity contribution in [1.82, 2.24) is 19.6 Å². The fourth-order valence-electron chi connectivity index (χ4n) is 3.09. The van der Waals surface area contributed by atoms with E-state index in [1.807, 2.05) is 30.7 Å². The first-order valence-electron chi connectivity index (χ1n) is 8.94. The van der Waals surface area contributed by atoms with Crippen LogP contribution in [0.4, 0.5) is 5.69 Å². The summed E-state index contributed by atoms with van der Waals surface area (Å²) in [5, 5.41) is 12.0. The van der Waals surface area contributed by atoms with Gasteiger partial charge in [-0.2, -0.15) is 10.2 Å². The van der Waals surface area contributed by atoms with Crippen LogP contribution in [0.25, 0.3) is 0 Å². The summed E-state index contributed by atoms with van der Waals surface area (Å²) in [6, 6.07) is 7.16. The number of nitrogens with one attached hydrogen (secondary N) is 1. The van der Waals surface area contributed by atoms with Crippen molar-refractivity contribution in [2.24, 2.45) is 7.05 Å². The summed E-state index contributed by atoms with van der Waals surface area (Å²) in [7, 11) is 2.90. The van der Waals surface area contributed by atoms with Gasteiger partial charge in [-0.15, -0.1) is 0 Å². The van der Waals surface area contributed by atoms with E-state index >= 15 is 0 Å². The SMILES string of the molecule is COC(=O)c1c(NC(=O)c2ccc(Cn3nc(C)c(Cl)c3C)cc2)c(C)nn1C. The van der Waals surface area contributed by atoms with Crippen LogP contribution >= 0.6 is 11.6 Å². The predicted octanol–water partition coefficient (Wildman–Crippen LogP) is 3.28. The summed E-state index contributed by atoms with van der Waals surface area (Å²) in [4.78, 5) is 24.7. The van der Waals surface area contributed by atoms with Crippen molar-refractivity contribution in [1.29, 1.82) is 0 Å². The van der Waals surface area contributed by atoms with E-state index in [-0.39, 0.29) is 11.6 Å². The smallest absolute Gasteiger partial charge is 0.358 e. The van der Waals surface area contributed by atoms with Crippen molar-refractivity contribution in [3.63, 3.8) is 0 Å². The van der Waals surface area contributed by atoms with Crippen molar-refractivity contribution in [3.05, 3.63) is 63.2 Å². The molecule has 2 aromatic heterocycles. The van der Waals surface area contributed by atoms with Crippen LogP contribution in [0, 0.1) is 20.8 Å². The molecule has 29 heavy (non-hydrogen) atoms. The number of aryl methyl sites for hydroxylation is 3. The average molecular weight is 416 g/mol. The van der Waals surface area contributed by atoms with Crippen LogP contribution in [-0.4, -0.2) is 38.5 Å². The molecule has 0 aliphatic carbocycles. The molecule has 3 aromatic rings. The molecule has 0 saturated carbocycles. The van der Waals surface area contributed by atoms with Crippen LogP contribution in [0.1, 0.15) is 43.5 Å². The molecule has 0 atom stereocenters. The minimum Gasteiger partial charge on any atom is -0.464 e. The zero-order valence-electron chi connectivity index (χ0n) is 16.9. The Morgan fingerprint density at radius 3 is 2.31 bits per heavy atom. The number of rotatable bonds is 5. The lowest BCUT2D eigenvalue weighted by Gasteiger charge is -2.09. The highest BCUT2D eigenvalue weighted by Crippen LogP contribution is 2.22. The van der Waals surface area contributed by atoms with E-state index in [0.717, 1.165) is 17.0 Å². The summed E-state index contributed by atoms with van der Waals surface area (Å²) in [6.07, 6.45) is 0. The molecule has 0 aliphatic rings. The molecule has 9 heteroatoms. The van der Waals surface area contributed by atoms with Gasteiger partial charge in [0.25, 0.3) is 5.91 Å². The highest BCUT2D eigenvalue weighted by Gasteiger charge is 2.22. The lowest BCUT2D eigenvalue weighted by atomic mass is 10.1. The molecule has 8 nitrogen and oxygen atoms in total. The number of amides is 1. The molecule has 2 heterocycles. The van der Waals surface area contributed by atoms with Crippen LogP contribution in [0.2, 0.25) is 5.02 Å². The summed E-state index contributed by atoms with van der Waals surface area (Å²) in [6.45, 7) is 6.04. The summed E-state index contributed by atoms with van der Waals surface area (Å²) in [5.41, 5.74) is 4.18. The Kier molecular flexibility index (Phi) is 5.74. The van der Waals surface area contributed by atoms with Crippen molar-refractivity contribution >= 4 is 29.2 Å². The van der Waals surface area contributed by atoms with Gasteiger partial charge >= 0.3 is 5.97 Å². The summed E-state index contributed by atoms with van der Waals surface area (Å²) < 4.78 is 8.00. The summed E-state index contributed by atoms with van der Waals surface area (Å²) >= 11 is 6.19. The third kappa shape index (κ3) is 4.02. The molecule has 1 amide bonds. The Morgan fingerprint density at radius 2 is 1.76 bits per heavy atom. The van der Waals surface area contributed by atoms with Gasteiger partial charge in [0.1, 0.15) is 0 Å². The van der Waals surface area contributed by atoms with E-state index in [1.54, 1.807) is 26.1 Å². The fourth-order valence-corrected chi connectivity index (χ4v) is 3.22. The number of aromatic nitrogens is 4. The topological polar surface area (TPSA) is 91.0 Å². The predicted molar refractivity (Wildman–Crippen MR) is 109 cm³/mol. The fraction of sp³-hybridized carbons (Fsp3) is 0.300. The van der Waals surface area contributed by atoms with Gasteiger partial charge in [0.05, 0.1) is 41.4 Å². The monoisotopic (exact) mass is 415 g/mol. The average Bonchev–Trinajstić information content (AvgIpc) is 3.11. The number of halogens is 1. The van der Waals surface area contributed by atoms with Gasteiger partial charge in [-0.3, -0.25) is 14.2 Å². The van der Waals surface area contributed by atoms with Crippen molar-refractivity contribution in [3.8, 4) is 0 Å². The minimum absolute atomic E-state index is 0.191. The number of carbonyl (C=O) groups is 2. The number of esters is 1. The molecular weight excluding hydrogens is 394 g/mol. The van der Waals surface area contributed by atoms with Gasteiger partial charge in [0.2, 0.25) is 0 Å². The van der Waals surface area contributed by atoms with E-state index in [9.17, 15) is 9.59 Å². The van der Waals surface area contributed by atoms with Crippen LogP contribution < -0.4 is 5.32 Å². The number of benzene rings is 1. The number of carbonyl (C=O) groups excluding carboxylic acids is 2. The number of anilines is 1. The largest absolute Gasteiger partial charge is 0.464 e. The molecule has 0 fully saturated rings. The maximum atomic E-state index is 12.7. The Bertz CT molecular complexity index is 1080. The maximum absolute atomic E-state index is 12.7. The second-order valence-corrected chi connectivity index (χ2v) is 7.10. The van der Waals surface area contributed by atoms with Crippen LogP contribution in [-0.2, 0) is 18.3 Å². The Morgan fingerprint density at radius 1 is 1.10 bits per heavy atom. The molecule has 0 aliphatic heterocycles. The van der Waals surface area contributed by atoms with Crippen molar-refractivity contribution < 1.29 is 14.3 Å². The molecule has 0 bridgehead atoms. The second kappa shape index (κ2) is 8.08. The van der Waals surface area contributed by atoms with Gasteiger partial charge in [0.15, 0.2) is 5.69 Å². The van der Waals surface area contributed by atoms with Gasteiger partial charge in [-0.1, -0.05) is 23.7 Å². The number of nitrogens with zero attached hydrogens (tertiary/aromatic N) is 4. The molecule has 1 aromatic carbocycles. The second-order valence-electron chi connectivity index (χ2n) is 6.72. The Balaban J connectivity index is 1.78. The van der Waals surface area contributed by atoms with Crippen molar-refractivity contribution in [2.45, 2.75) is 27.3 Å². The maximum Gasteiger partial charge on any atom is 0.358 e. The van der Waals surface area contributed by atoms with E-state index in [0.29, 0.717) is 28.5 Å². The molecule has 1 N–H and O–H groups in total. The Hall–Kier alpha value is -3.13. The lowest BCUT2D eigenvalue weighted by Crippen LogP contribution is -2.17. The van der Waals surface area contributed by atoms with Gasteiger partial charge in [-0.25, -0.2) is 4.79 Å². The molecule has 0 radical (unpaired) electrons. The van der Waals surface area contributed by atoms with E-state index in [2.05, 4.69) is 15.5 Å². The molecule has 0 saturated heterocycles. The molecular formula is C20H22ClN5O3. The molecule has 3 rings (SSSR count). The van der Waals surface area contributed by atoms with E-state index in [4.69, 9.17) is 16.3 Å². The first kappa shape index (κ1) is 20.6. The van der Waals surface area contributed by atoms with Crippen LogP contribution in [0.5, 0.6) is 0 Å². The summed E-state index contributed by atoms with van der Waals surface area (Å²) in [5.74, 6) is -0.908. The van der Waals surface area contributed by atoms with Crippen LogP contribution in [0.15, 0.2) is 24.3 Å². The van der Waals surface area contributed by atoms with Crippen molar-refractivity contribution in [2.75, 3.05) is 12.4 Å². The zero-order valence-corrected chi connectivity index (χ0v) is 17.7. The van der Waals surface area contributed by atoms with Gasteiger partial charge in [-0.05, 0) is 38.5 Å². The minimum atomic E-state index is -0.567. The Labute approximate surface area is 173 Å². The number of methoxy groups -OCH3 is 1. The van der Waals surface area contributed by atoms with Gasteiger partial charge in [0, 0.05) is 12.6 Å². The highest BCUT2D eigenvalue weighted by molar-refractivity contribution is 6.31. The lowest BCUT2D eigenvalue weighted by molar-refractivity contribution is 0.0589. The molecule has 0 spiro atoms. The normalized spacial score (nSPS) is 10.8. The zero-order chi connectivity index (χ0) is 21.3. The highest BCUT2D eigenvalue weighted by atomic mass is 35.5. The molecule has 152 valence electrons. The van der Waals surface area contributed by atoms with E-state index < -0.39 is 5.97 Å². The van der Waals surface area contributed by atoms with Gasteiger partial charge < -0.3 is 10.1 Å².